The van der Waals surface area contributed by atoms with E-state index in [1.165, 1.54) is 0 Å². The average molecular weight is 298 g/mol. The van der Waals surface area contributed by atoms with Crippen molar-refractivity contribution in [2.24, 2.45) is 29.4 Å². The molecule has 2 fully saturated rings. The van der Waals surface area contributed by atoms with Crippen molar-refractivity contribution in [3.63, 3.8) is 0 Å². The van der Waals surface area contributed by atoms with Gasteiger partial charge in [-0.1, -0.05) is 12.8 Å². The lowest BCUT2D eigenvalue weighted by atomic mass is 9.55. The molecule has 0 radical (unpaired) electrons. The van der Waals surface area contributed by atoms with Crippen molar-refractivity contribution in [1.29, 1.82) is 0 Å². The Morgan fingerprint density at radius 1 is 0.857 bits per heavy atom. The number of amides is 2. The van der Waals surface area contributed by atoms with Gasteiger partial charge in [-0.05, 0) is 12.8 Å². The highest BCUT2D eigenvalue weighted by Gasteiger charge is 2.63. The zero-order valence-electron chi connectivity index (χ0n) is 11.3. The van der Waals surface area contributed by atoms with Gasteiger partial charge in [0, 0.05) is 6.04 Å². The first-order valence-corrected chi connectivity index (χ1v) is 6.90. The molecule has 8 nitrogen and oxygen atoms in total. The van der Waals surface area contributed by atoms with E-state index >= 15 is 0 Å². The SMILES string of the molecule is NC(=O)C1C(C(=O)O)C(C(=O)NC2CCCC2)C1C(=O)O. The minimum atomic E-state index is -1.37. The van der Waals surface area contributed by atoms with E-state index in [1.54, 1.807) is 0 Å². The van der Waals surface area contributed by atoms with Gasteiger partial charge in [-0.25, -0.2) is 0 Å². The van der Waals surface area contributed by atoms with Crippen LogP contribution in [-0.2, 0) is 19.2 Å². The number of carboxylic acids is 2. The van der Waals surface area contributed by atoms with E-state index in [0.29, 0.717) is 0 Å². The maximum absolute atomic E-state index is 12.2. The largest absolute Gasteiger partial charge is 0.481 e. The Labute approximate surface area is 120 Å². The molecule has 2 aliphatic carbocycles. The normalized spacial score (nSPS) is 32.2. The number of nitrogens with two attached hydrogens (primary N) is 1. The number of primary amides is 1. The predicted octanol–water partition coefficient (Wildman–Crippen LogP) is -0.822. The number of nitrogens with one attached hydrogen (secondary N) is 1. The number of rotatable bonds is 5. The third kappa shape index (κ3) is 2.70. The number of carbonyl (C=O) groups excluding carboxylic acids is 2. The molecule has 2 atom stereocenters. The minimum absolute atomic E-state index is 0.0472. The highest BCUT2D eigenvalue weighted by Crippen LogP contribution is 2.46. The Balaban J connectivity index is 2.17. The lowest BCUT2D eigenvalue weighted by Gasteiger charge is -2.44. The summed E-state index contributed by atoms with van der Waals surface area (Å²) in [6.45, 7) is 0. The first kappa shape index (κ1) is 15.3. The highest BCUT2D eigenvalue weighted by atomic mass is 16.4. The smallest absolute Gasteiger partial charge is 0.308 e. The van der Waals surface area contributed by atoms with Gasteiger partial charge in [0.2, 0.25) is 11.8 Å². The summed E-state index contributed by atoms with van der Waals surface area (Å²) in [6.07, 6.45) is 3.55. The molecule has 2 unspecified atom stereocenters. The van der Waals surface area contributed by atoms with E-state index in [4.69, 9.17) is 15.9 Å². The van der Waals surface area contributed by atoms with Crippen LogP contribution in [0.2, 0.25) is 0 Å². The Morgan fingerprint density at radius 3 is 1.71 bits per heavy atom. The van der Waals surface area contributed by atoms with Crippen LogP contribution in [0.4, 0.5) is 0 Å². The maximum Gasteiger partial charge on any atom is 0.308 e. The summed E-state index contributed by atoms with van der Waals surface area (Å²) in [5, 5.41) is 21.0. The molecule has 0 aromatic heterocycles. The second kappa shape index (κ2) is 5.71. The van der Waals surface area contributed by atoms with E-state index in [2.05, 4.69) is 5.32 Å². The molecule has 0 aromatic carbocycles. The summed E-state index contributed by atoms with van der Waals surface area (Å²) in [5.41, 5.74) is 5.08. The standard InChI is InChI=1S/C13H18N2O6/c14-10(16)6-8(12(18)19)7(9(6)13(20)21)11(17)15-5-3-1-2-4-5/h5-9H,1-4H2,(H2,14,16)(H,15,17)(H,18,19)(H,20,21). The lowest BCUT2D eigenvalue weighted by molar-refractivity contribution is -0.180. The molecule has 0 bridgehead atoms. The van der Waals surface area contributed by atoms with E-state index < -0.39 is 47.4 Å². The number of hydrogen-bond donors (Lipinski definition) is 4. The fraction of sp³-hybridized carbons (Fsp3) is 0.692. The fourth-order valence-electron chi connectivity index (χ4n) is 3.41. The first-order chi connectivity index (χ1) is 9.84. The molecule has 2 amide bonds. The van der Waals surface area contributed by atoms with Gasteiger partial charge in [-0.3, -0.25) is 19.2 Å². The molecule has 0 spiro atoms. The Hall–Kier alpha value is -2.12. The van der Waals surface area contributed by atoms with Gasteiger partial charge in [0.05, 0.1) is 23.7 Å². The van der Waals surface area contributed by atoms with Crippen LogP contribution < -0.4 is 11.1 Å². The van der Waals surface area contributed by atoms with Crippen LogP contribution in [0.3, 0.4) is 0 Å². The zero-order valence-corrected chi connectivity index (χ0v) is 11.3. The van der Waals surface area contributed by atoms with Gasteiger partial charge in [0.15, 0.2) is 0 Å². The summed E-state index contributed by atoms with van der Waals surface area (Å²) in [6, 6.07) is -0.0472. The van der Waals surface area contributed by atoms with Crippen LogP contribution >= 0.6 is 0 Å². The summed E-state index contributed by atoms with van der Waals surface area (Å²) < 4.78 is 0. The maximum atomic E-state index is 12.2. The Bertz CT molecular complexity index is 463. The highest BCUT2D eigenvalue weighted by molar-refractivity contribution is 5.99. The van der Waals surface area contributed by atoms with Crippen LogP contribution in [0, 0.1) is 23.7 Å². The van der Waals surface area contributed by atoms with E-state index in [0.717, 1.165) is 25.7 Å². The van der Waals surface area contributed by atoms with Crippen LogP contribution in [-0.4, -0.2) is 40.0 Å². The number of carboxylic acid groups (broad SMARTS) is 2. The molecule has 2 rings (SSSR count). The lowest BCUT2D eigenvalue weighted by Crippen LogP contribution is -2.63. The van der Waals surface area contributed by atoms with Crippen molar-refractivity contribution < 1.29 is 29.4 Å². The van der Waals surface area contributed by atoms with Crippen molar-refractivity contribution >= 4 is 23.8 Å². The molecule has 2 aliphatic rings. The molecule has 2 saturated carbocycles. The van der Waals surface area contributed by atoms with Gasteiger partial charge in [0.25, 0.3) is 0 Å². The molecular formula is C13H18N2O6. The van der Waals surface area contributed by atoms with Crippen molar-refractivity contribution in [3.05, 3.63) is 0 Å². The van der Waals surface area contributed by atoms with Crippen LogP contribution in [0.25, 0.3) is 0 Å². The molecule has 8 heteroatoms. The molecule has 0 aromatic rings. The number of hydrogen-bond acceptors (Lipinski definition) is 4. The summed E-state index contributed by atoms with van der Waals surface area (Å²) in [5.74, 6) is -9.70. The fourth-order valence-corrected chi connectivity index (χ4v) is 3.41. The summed E-state index contributed by atoms with van der Waals surface area (Å²) >= 11 is 0. The second-order valence-electron chi connectivity index (χ2n) is 5.67. The molecular weight excluding hydrogens is 280 g/mol. The molecule has 21 heavy (non-hydrogen) atoms. The molecule has 0 saturated heterocycles. The zero-order chi connectivity index (χ0) is 15.7. The number of aliphatic carboxylic acids is 2. The van der Waals surface area contributed by atoms with Crippen LogP contribution in [0.1, 0.15) is 25.7 Å². The monoisotopic (exact) mass is 298 g/mol. The molecule has 116 valence electrons. The van der Waals surface area contributed by atoms with Crippen molar-refractivity contribution in [2.75, 3.05) is 0 Å². The third-order valence-corrected chi connectivity index (χ3v) is 4.45. The van der Waals surface area contributed by atoms with Crippen LogP contribution in [0.5, 0.6) is 0 Å². The Kier molecular flexibility index (Phi) is 4.15. The topological polar surface area (TPSA) is 147 Å². The van der Waals surface area contributed by atoms with Crippen LogP contribution in [0.15, 0.2) is 0 Å². The molecule has 0 aliphatic heterocycles. The quantitative estimate of drug-likeness (QED) is 0.521. The van der Waals surface area contributed by atoms with E-state index in [-0.39, 0.29) is 6.04 Å². The third-order valence-electron chi connectivity index (χ3n) is 4.45. The van der Waals surface area contributed by atoms with E-state index in [1.807, 2.05) is 0 Å². The molecule has 5 N–H and O–H groups in total. The summed E-state index contributed by atoms with van der Waals surface area (Å²) in [4.78, 5) is 45.9. The van der Waals surface area contributed by atoms with Gasteiger partial charge in [0.1, 0.15) is 0 Å². The minimum Gasteiger partial charge on any atom is -0.481 e. The second-order valence-corrected chi connectivity index (χ2v) is 5.67. The van der Waals surface area contributed by atoms with Gasteiger partial charge in [-0.15, -0.1) is 0 Å². The molecule has 0 heterocycles. The number of carbonyl (C=O) groups is 4. The van der Waals surface area contributed by atoms with Gasteiger partial charge >= 0.3 is 11.9 Å². The summed E-state index contributed by atoms with van der Waals surface area (Å²) in [7, 11) is 0. The van der Waals surface area contributed by atoms with Crippen molar-refractivity contribution in [3.8, 4) is 0 Å². The van der Waals surface area contributed by atoms with E-state index in [9.17, 15) is 19.2 Å². The van der Waals surface area contributed by atoms with Gasteiger partial charge in [-0.2, -0.15) is 0 Å². The predicted molar refractivity (Wildman–Crippen MR) is 68.8 cm³/mol. The van der Waals surface area contributed by atoms with Crippen molar-refractivity contribution in [1.82, 2.24) is 5.32 Å². The first-order valence-electron chi connectivity index (χ1n) is 6.90. The average Bonchev–Trinajstić information content (AvgIpc) is 2.78. The van der Waals surface area contributed by atoms with Crippen molar-refractivity contribution in [2.45, 2.75) is 31.7 Å². The Morgan fingerprint density at radius 2 is 1.33 bits per heavy atom. The van der Waals surface area contributed by atoms with Gasteiger partial charge < -0.3 is 21.3 Å².